The maximum atomic E-state index is 11.9. The highest BCUT2D eigenvalue weighted by Crippen LogP contribution is 2.38. The third-order valence-corrected chi connectivity index (χ3v) is 4.43. The molecule has 0 amide bonds. The molecule has 1 saturated carbocycles. The van der Waals surface area contributed by atoms with Gasteiger partial charge in [-0.05, 0) is 37.0 Å². The lowest BCUT2D eigenvalue weighted by atomic mass is 9.84. The molecule has 0 radical (unpaired) electrons. The number of ether oxygens (including phenoxy) is 2. The van der Waals surface area contributed by atoms with Crippen molar-refractivity contribution in [2.45, 2.75) is 32.1 Å². The van der Waals surface area contributed by atoms with Gasteiger partial charge in [0, 0.05) is 16.8 Å². The second-order valence-electron chi connectivity index (χ2n) is 4.91. The number of rotatable bonds is 2. The normalized spacial score (nSPS) is 22.3. The number of Topliss-reactive ketones (excluding diaryl/α,β-unsaturated/α-hetero) is 1. The summed E-state index contributed by atoms with van der Waals surface area (Å²) in [4.78, 5) is 11.9. The van der Waals surface area contributed by atoms with Gasteiger partial charge in [0.15, 0.2) is 11.5 Å². The summed E-state index contributed by atoms with van der Waals surface area (Å²) in [5.41, 5.74) is 1.14. The van der Waals surface area contributed by atoms with Crippen LogP contribution in [0.25, 0.3) is 0 Å². The molecule has 1 atom stereocenters. The van der Waals surface area contributed by atoms with Crippen molar-refractivity contribution in [3.8, 4) is 11.5 Å². The van der Waals surface area contributed by atoms with E-state index in [0.717, 1.165) is 47.2 Å². The van der Waals surface area contributed by atoms with E-state index < -0.39 is 0 Å². The summed E-state index contributed by atoms with van der Waals surface area (Å²) in [6, 6.07) is 3.93. The second-order valence-corrected chi connectivity index (χ2v) is 5.76. The minimum atomic E-state index is 0.176. The number of benzene rings is 1. The van der Waals surface area contributed by atoms with E-state index in [2.05, 4.69) is 15.9 Å². The lowest BCUT2D eigenvalue weighted by Crippen LogP contribution is -2.21. The maximum absolute atomic E-state index is 11.9. The van der Waals surface area contributed by atoms with Crippen LogP contribution in [0, 0.1) is 5.92 Å². The number of carbonyl (C=O) groups is 1. The predicted molar refractivity (Wildman–Crippen MR) is 70.9 cm³/mol. The van der Waals surface area contributed by atoms with Gasteiger partial charge in [-0.25, -0.2) is 0 Å². The fourth-order valence-corrected chi connectivity index (χ4v) is 3.14. The predicted octanol–water partition coefficient (Wildman–Crippen LogP) is 3.48. The van der Waals surface area contributed by atoms with Crippen LogP contribution >= 0.6 is 15.9 Å². The molecular weight excluding hydrogens is 296 g/mol. The molecule has 0 aromatic heterocycles. The van der Waals surface area contributed by atoms with Crippen molar-refractivity contribution in [1.82, 2.24) is 0 Å². The average Bonchev–Trinajstić information content (AvgIpc) is 2.79. The highest BCUT2D eigenvalue weighted by Gasteiger charge is 2.24. The quantitative estimate of drug-likeness (QED) is 0.839. The summed E-state index contributed by atoms with van der Waals surface area (Å²) in [6.07, 6.45) is 4.78. The molecule has 4 heteroatoms. The molecule has 1 aliphatic carbocycles. The molecule has 0 unspecified atom stereocenters. The van der Waals surface area contributed by atoms with Gasteiger partial charge in [0.05, 0.1) is 0 Å². The van der Waals surface area contributed by atoms with E-state index in [-0.39, 0.29) is 12.7 Å². The van der Waals surface area contributed by atoms with Gasteiger partial charge in [-0.1, -0.05) is 22.4 Å². The van der Waals surface area contributed by atoms with Gasteiger partial charge >= 0.3 is 0 Å². The minimum absolute atomic E-state index is 0.176. The number of fused-ring (bicyclic) bond motifs is 1. The Hall–Kier alpha value is -1.03. The molecule has 0 bridgehead atoms. The molecule has 1 fully saturated rings. The van der Waals surface area contributed by atoms with Gasteiger partial charge in [-0.15, -0.1) is 0 Å². The van der Waals surface area contributed by atoms with Crippen molar-refractivity contribution < 1.29 is 14.3 Å². The Morgan fingerprint density at radius 1 is 1.22 bits per heavy atom. The molecule has 0 saturated heterocycles. The Bertz CT molecular complexity index is 484. The van der Waals surface area contributed by atoms with Gasteiger partial charge in [-0.2, -0.15) is 0 Å². The zero-order valence-corrected chi connectivity index (χ0v) is 11.7. The maximum Gasteiger partial charge on any atom is 0.231 e. The highest BCUT2D eigenvalue weighted by atomic mass is 79.9. The first-order valence-corrected chi connectivity index (χ1v) is 7.14. The standard InChI is InChI=1S/C14H15BrO3/c15-11-7-14-13(17-8-18-14)6-10(11)5-9-3-1-2-4-12(9)16/h6-7,9H,1-5,8H2/t9-/m0/s1. The first-order valence-electron chi connectivity index (χ1n) is 6.35. The van der Waals surface area contributed by atoms with Crippen molar-refractivity contribution in [2.75, 3.05) is 6.79 Å². The summed E-state index contributed by atoms with van der Waals surface area (Å²) in [5, 5.41) is 0. The minimum Gasteiger partial charge on any atom is -0.454 e. The van der Waals surface area contributed by atoms with E-state index in [1.807, 2.05) is 12.1 Å². The van der Waals surface area contributed by atoms with Crippen LogP contribution in [0.4, 0.5) is 0 Å². The van der Waals surface area contributed by atoms with Gasteiger partial charge in [0.25, 0.3) is 0 Å². The molecule has 1 aliphatic heterocycles. The van der Waals surface area contributed by atoms with Gasteiger partial charge < -0.3 is 9.47 Å². The van der Waals surface area contributed by atoms with Crippen LogP contribution in [0.1, 0.15) is 31.2 Å². The number of ketones is 1. The SMILES string of the molecule is O=C1CCCC[C@H]1Cc1cc2c(cc1Br)OCO2. The van der Waals surface area contributed by atoms with E-state index >= 15 is 0 Å². The van der Waals surface area contributed by atoms with Crippen LogP contribution < -0.4 is 9.47 Å². The Kier molecular flexibility index (Phi) is 3.29. The monoisotopic (exact) mass is 310 g/mol. The molecule has 3 rings (SSSR count). The van der Waals surface area contributed by atoms with Gasteiger partial charge in [0.1, 0.15) is 5.78 Å². The zero-order valence-electron chi connectivity index (χ0n) is 10.1. The average molecular weight is 311 g/mol. The van der Waals surface area contributed by atoms with Gasteiger partial charge in [0.2, 0.25) is 6.79 Å². The highest BCUT2D eigenvalue weighted by molar-refractivity contribution is 9.10. The fourth-order valence-electron chi connectivity index (χ4n) is 2.65. The second kappa shape index (κ2) is 4.92. The van der Waals surface area contributed by atoms with Crippen LogP contribution in [0.3, 0.4) is 0 Å². The van der Waals surface area contributed by atoms with E-state index in [1.165, 1.54) is 6.42 Å². The van der Waals surface area contributed by atoms with Crippen molar-refractivity contribution in [1.29, 1.82) is 0 Å². The molecule has 2 aliphatic rings. The van der Waals surface area contributed by atoms with E-state index in [4.69, 9.17) is 9.47 Å². The molecule has 0 N–H and O–H groups in total. The summed E-state index contributed by atoms with van der Waals surface area (Å²) in [6.45, 7) is 0.285. The molecule has 96 valence electrons. The van der Waals surface area contributed by atoms with E-state index in [9.17, 15) is 4.79 Å². The van der Waals surface area contributed by atoms with Crippen molar-refractivity contribution >= 4 is 21.7 Å². The van der Waals surface area contributed by atoms with Crippen LogP contribution in [-0.4, -0.2) is 12.6 Å². The van der Waals surface area contributed by atoms with E-state index in [0.29, 0.717) is 5.78 Å². The number of hydrogen-bond donors (Lipinski definition) is 0. The molecule has 1 heterocycles. The first kappa shape index (κ1) is 12.0. The molecule has 18 heavy (non-hydrogen) atoms. The zero-order chi connectivity index (χ0) is 12.5. The summed E-state index contributed by atoms with van der Waals surface area (Å²) >= 11 is 3.55. The largest absolute Gasteiger partial charge is 0.454 e. The smallest absolute Gasteiger partial charge is 0.231 e. The third kappa shape index (κ3) is 2.26. The molecule has 1 aromatic rings. The summed E-state index contributed by atoms with van der Waals surface area (Å²) in [5.74, 6) is 2.15. The topological polar surface area (TPSA) is 35.5 Å². The lowest BCUT2D eigenvalue weighted by Gasteiger charge is -2.21. The lowest BCUT2D eigenvalue weighted by molar-refractivity contribution is -0.124. The number of hydrogen-bond acceptors (Lipinski definition) is 3. The van der Waals surface area contributed by atoms with Crippen molar-refractivity contribution in [3.63, 3.8) is 0 Å². The van der Waals surface area contributed by atoms with E-state index in [1.54, 1.807) is 0 Å². The fraction of sp³-hybridized carbons (Fsp3) is 0.500. The Labute approximate surface area is 115 Å². The number of halogens is 1. The van der Waals surface area contributed by atoms with Crippen LogP contribution in [-0.2, 0) is 11.2 Å². The van der Waals surface area contributed by atoms with Gasteiger partial charge in [-0.3, -0.25) is 4.79 Å². The Morgan fingerprint density at radius 3 is 2.78 bits per heavy atom. The third-order valence-electron chi connectivity index (χ3n) is 3.69. The molecule has 1 aromatic carbocycles. The Morgan fingerprint density at radius 2 is 2.00 bits per heavy atom. The summed E-state index contributed by atoms with van der Waals surface area (Å²) < 4.78 is 11.7. The molecule has 0 spiro atoms. The van der Waals surface area contributed by atoms with Crippen LogP contribution in [0.15, 0.2) is 16.6 Å². The van der Waals surface area contributed by atoms with Crippen molar-refractivity contribution in [2.24, 2.45) is 5.92 Å². The first-order chi connectivity index (χ1) is 8.74. The Balaban J connectivity index is 1.82. The van der Waals surface area contributed by atoms with Crippen molar-refractivity contribution in [3.05, 3.63) is 22.2 Å². The molecule has 3 nitrogen and oxygen atoms in total. The summed E-state index contributed by atoms with van der Waals surface area (Å²) in [7, 11) is 0. The number of carbonyl (C=O) groups excluding carboxylic acids is 1. The van der Waals surface area contributed by atoms with Crippen LogP contribution in [0.2, 0.25) is 0 Å². The molecular formula is C14H15BrO3. The van der Waals surface area contributed by atoms with Crippen LogP contribution in [0.5, 0.6) is 11.5 Å².